The Morgan fingerprint density at radius 3 is 2.05 bits per heavy atom. The molecule has 0 bridgehead atoms. The Labute approximate surface area is 129 Å². The third kappa shape index (κ3) is 5.79. The summed E-state index contributed by atoms with van der Waals surface area (Å²) in [4.78, 5) is 0.233. The molecule has 1 atom stereocenters. The minimum atomic E-state index is -3.58. The number of rotatable bonds is 10. The second kappa shape index (κ2) is 9.21. The van der Waals surface area contributed by atoms with Crippen LogP contribution >= 0.6 is 0 Å². The highest BCUT2D eigenvalue weighted by Crippen LogP contribution is 2.29. The Morgan fingerprint density at radius 2 is 1.52 bits per heavy atom. The average molecular weight is 312 g/mol. The van der Waals surface area contributed by atoms with Crippen LogP contribution in [0.1, 0.15) is 70.3 Å². The molecular formula is C17H28O3S. The maximum Gasteiger partial charge on any atom is 0.296 e. The summed E-state index contributed by atoms with van der Waals surface area (Å²) in [6.07, 6.45) is 8.50. The molecule has 1 rings (SSSR count). The molecule has 0 saturated carbocycles. The first-order valence-electron chi connectivity index (χ1n) is 7.95. The minimum Gasteiger partial charge on any atom is -0.270 e. The molecule has 0 fully saturated rings. The summed E-state index contributed by atoms with van der Waals surface area (Å²) in [6, 6.07) is 7.20. The van der Waals surface area contributed by atoms with Gasteiger partial charge in [0.15, 0.2) is 0 Å². The van der Waals surface area contributed by atoms with Gasteiger partial charge in [0.1, 0.15) is 0 Å². The molecule has 1 unspecified atom stereocenters. The predicted octanol–water partition coefficient (Wildman–Crippen LogP) is 4.88. The molecule has 0 aliphatic heterocycles. The lowest BCUT2D eigenvalue weighted by Gasteiger charge is -2.17. The maximum atomic E-state index is 11.6. The van der Waals surface area contributed by atoms with Crippen LogP contribution in [0.25, 0.3) is 0 Å². The van der Waals surface area contributed by atoms with Crippen molar-refractivity contribution in [2.45, 2.75) is 69.6 Å². The quantitative estimate of drug-likeness (QED) is 0.457. The van der Waals surface area contributed by atoms with E-state index >= 15 is 0 Å². The predicted molar refractivity (Wildman–Crippen MR) is 87.0 cm³/mol. The van der Waals surface area contributed by atoms with Gasteiger partial charge in [-0.1, -0.05) is 58.1 Å². The van der Waals surface area contributed by atoms with Gasteiger partial charge < -0.3 is 0 Å². The van der Waals surface area contributed by atoms with Gasteiger partial charge in [-0.25, -0.2) is 0 Å². The highest BCUT2D eigenvalue weighted by atomic mass is 32.2. The van der Waals surface area contributed by atoms with Gasteiger partial charge in [0.05, 0.1) is 12.0 Å². The third-order valence-electron chi connectivity index (χ3n) is 3.92. The largest absolute Gasteiger partial charge is 0.296 e. The lowest BCUT2D eigenvalue weighted by atomic mass is 9.89. The molecule has 4 heteroatoms. The van der Waals surface area contributed by atoms with Crippen LogP contribution in [0.5, 0.6) is 0 Å². The third-order valence-corrected chi connectivity index (χ3v) is 5.21. The topological polar surface area (TPSA) is 43.4 Å². The fourth-order valence-corrected chi connectivity index (χ4v) is 3.23. The summed E-state index contributed by atoms with van der Waals surface area (Å²) in [7, 11) is -2.39. The molecule has 0 aromatic heterocycles. The highest BCUT2D eigenvalue weighted by Gasteiger charge is 2.15. The van der Waals surface area contributed by atoms with E-state index in [-0.39, 0.29) is 4.90 Å². The smallest absolute Gasteiger partial charge is 0.270 e. The lowest BCUT2D eigenvalue weighted by molar-refractivity contribution is 0.397. The van der Waals surface area contributed by atoms with Crippen molar-refractivity contribution >= 4 is 10.1 Å². The van der Waals surface area contributed by atoms with Crippen LogP contribution in [0.3, 0.4) is 0 Å². The van der Waals surface area contributed by atoms with E-state index in [1.54, 1.807) is 12.1 Å². The number of hydrogen-bond donors (Lipinski definition) is 0. The van der Waals surface area contributed by atoms with E-state index < -0.39 is 10.1 Å². The Kier molecular flexibility index (Phi) is 7.97. The zero-order valence-electron chi connectivity index (χ0n) is 13.5. The van der Waals surface area contributed by atoms with Crippen molar-refractivity contribution in [3.8, 4) is 0 Å². The molecule has 0 aliphatic carbocycles. The van der Waals surface area contributed by atoms with E-state index in [0.29, 0.717) is 5.92 Å². The Morgan fingerprint density at radius 1 is 0.952 bits per heavy atom. The fraction of sp³-hybridized carbons (Fsp3) is 0.647. The van der Waals surface area contributed by atoms with Gasteiger partial charge in [0.25, 0.3) is 10.1 Å². The standard InChI is InChI=1S/C17H28O3S/c1-4-6-8-10-15(9-7-5-2)16-11-13-17(14-12-16)21(18,19)20-3/h11-15H,4-10H2,1-3H3. The van der Waals surface area contributed by atoms with Gasteiger partial charge in [-0.3, -0.25) is 4.18 Å². The number of benzene rings is 1. The SMILES string of the molecule is CCCCCC(CCCC)c1ccc(S(=O)(=O)OC)cc1. The fourth-order valence-electron chi connectivity index (χ4n) is 2.57. The molecule has 0 N–H and O–H groups in total. The van der Waals surface area contributed by atoms with Crippen molar-refractivity contribution in [2.75, 3.05) is 7.11 Å². The van der Waals surface area contributed by atoms with Crippen molar-refractivity contribution in [1.29, 1.82) is 0 Å². The second-order valence-electron chi connectivity index (χ2n) is 5.52. The minimum absolute atomic E-state index is 0.233. The van der Waals surface area contributed by atoms with Crippen molar-refractivity contribution in [2.24, 2.45) is 0 Å². The van der Waals surface area contributed by atoms with Crippen molar-refractivity contribution in [3.63, 3.8) is 0 Å². The van der Waals surface area contributed by atoms with Crippen LogP contribution in [0.4, 0.5) is 0 Å². The van der Waals surface area contributed by atoms with Crippen molar-refractivity contribution < 1.29 is 12.6 Å². The number of hydrogen-bond acceptors (Lipinski definition) is 3. The lowest BCUT2D eigenvalue weighted by Crippen LogP contribution is -2.04. The Hall–Kier alpha value is -0.870. The normalized spacial score (nSPS) is 13.3. The first-order valence-corrected chi connectivity index (χ1v) is 9.36. The van der Waals surface area contributed by atoms with Crippen LogP contribution in [-0.4, -0.2) is 15.5 Å². The first kappa shape index (κ1) is 18.2. The molecule has 1 aromatic rings. The van der Waals surface area contributed by atoms with E-state index in [1.807, 2.05) is 12.1 Å². The molecule has 3 nitrogen and oxygen atoms in total. The maximum absolute atomic E-state index is 11.6. The van der Waals surface area contributed by atoms with Gasteiger partial charge in [0.2, 0.25) is 0 Å². The molecule has 0 amide bonds. The highest BCUT2D eigenvalue weighted by molar-refractivity contribution is 7.86. The molecule has 0 radical (unpaired) electrons. The van der Waals surface area contributed by atoms with Crippen LogP contribution in [0, 0.1) is 0 Å². The Bertz CT molecular complexity index is 491. The van der Waals surface area contributed by atoms with Gasteiger partial charge >= 0.3 is 0 Å². The van der Waals surface area contributed by atoms with Crippen molar-refractivity contribution in [1.82, 2.24) is 0 Å². The summed E-state index contributed by atoms with van der Waals surface area (Å²) in [5.41, 5.74) is 1.25. The Balaban J connectivity index is 2.82. The molecule has 0 heterocycles. The van der Waals surface area contributed by atoms with Crippen LogP contribution in [-0.2, 0) is 14.3 Å². The van der Waals surface area contributed by atoms with Crippen LogP contribution in [0.2, 0.25) is 0 Å². The number of unbranched alkanes of at least 4 members (excludes halogenated alkanes) is 3. The average Bonchev–Trinajstić information content (AvgIpc) is 2.51. The second-order valence-corrected chi connectivity index (χ2v) is 7.24. The summed E-state index contributed by atoms with van der Waals surface area (Å²) in [5.74, 6) is 0.538. The molecule has 0 spiro atoms. The molecule has 0 aliphatic rings. The van der Waals surface area contributed by atoms with E-state index in [9.17, 15) is 8.42 Å². The first-order chi connectivity index (χ1) is 10.0. The van der Waals surface area contributed by atoms with E-state index in [0.717, 1.165) is 0 Å². The zero-order chi connectivity index (χ0) is 15.7. The molecule has 1 aromatic carbocycles. The van der Waals surface area contributed by atoms with Gasteiger partial charge in [-0.15, -0.1) is 0 Å². The van der Waals surface area contributed by atoms with Gasteiger partial charge in [-0.2, -0.15) is 8.42 Å². The zero-order valence-corrected chi connectivity index (χ0v) is 14.3. The summed E-state index contributed by atoms with van der Waals surface area (Å²) < 4.78 is 27.8. The monoisotopic (exact) mass is 312 g/mol. The summed E-state index contributed by atoms with van der Waals surface area (Å²) >= 11 is 0. The van der Waals surface area contributed by atoms with Gasteiger partial charge in [-0.05, 0) is 36.5 Å². The summed E-state index contributed by atoms with van der Waals surface area (Å²) in [5, 5.41) is 0. The van der Waals surface area contributed by atoms with E-state index in [4.69, 9.17) is 0 Å². The van der Waals surface area contributed by atoms with Crippen LogP contribution in [0.15, 0.2) is 29.2 Å². The van der Waals surface area contributed by atoms with Crippen molar-refractivity contribution in [3.05, 3.63) is 29.8 Å². The molecule has 0 saturated heterocycles. The molecule has 120 valence electrons. The van der Waals surface area contributed by atoms with Gasteiger partial charge in [0, 0.05) is 0 Å². The molecular weight excluding hydrogens is 284 g/mol. The van der Waals surface area contributed by atoms with Crippen LogP contribution < -0.4 is 0 Å². The summed E-state index contributed by atoms with van der Waals surface area (Å²) in [6.45, 7) is 4.42. The van der Waals surface area contributed by atoms with E-state index in [2.05, 4.69) is 18.0 Å². The van der Waals surface area contributed by atoms with E-state index in [1.165, 1.54) is 57.6 Å². The molecule has 21 heavy (non-hydrogen) atoms.